The van der Waals surface area contributed by atoms with Gasteiger partial charge in [0, 0.05) is 5.38 Å². The van der Waals surface area contributed by atoms with Crippen LogP contribution in [-0.2, 0) is 6.54 Å². The second-order valence-corrected chi connectivity index (χ2v) is 5.98. The van der Waals surface area contributed by atoms with Gasteiger partial charge in [0.25, 0.3) is 5.91 Å². The van der Waals surface area contributed by atoms with E-state index in [1.165, 1.54) is 21.3 Å². The second kappa shape index (κ2) is 7.87. The smallest absolute Gasteiger partial charge is 0.255 e. The Labute approximate surface area is 154 Å². The van der Waals surface area contributed by atoms with Crippen LogP contribution in [-0.4, -0.2) is 42.2 Å². The molecule has 2 heterocycles. The van der Waals surface area contributed by atoms with Crippen molar-refractivity contribution in [1.29, 1.82) is 0 Å². The number of nitrogens with zero attached hydrogens (tertiary/aromatic N) is 3. The molecule has 0 saturated carbocycles. The molecule has 0 aliphatic carbocycles. The Morgan fingerprint density at radius 3 is 2.62 bits per heavy atom. The first kappa shape index (κ1) is 17.7. The fraction of sp³-hybridized carbons (Fsp3) is 0.235. The number of benzene rings is 1. The molecule has 1 N–H and O–H groups in total. The number of hydrogen-bond donors (Lipinski definition) is 1. The predicted octanol–water partition coefficient (Wildman–Crippen LogP) is 2.28. The molecule has 1 aromatic carbocycles. The van der Waals surface area contributed by atoms with Crippen LogP contribution in [0.2, 0.25) is 0 Å². The highest BCUT2D eigenvalue weighted by Gasteiger charge is 2.20. The van der Waals surface area contributed by atoms with E-state index < -0.39 is 0 Å². The van der Waals surface area contributed by atoms with E-state index in [9.17, 15) is 4.79 Å². The Bertz CT molecular complexity index is 892. The topological polar surface area (TPSA) is 87.5 Å². The fourth-order valence-electron chi connectivity index (χ4n) is 2.44. The van der Waals surface area contributed by atoms with E-state index in [4.69, 9.17) is 14.2 Å². The molecule has 1 amide bonds. The Balaban J connectivity index is 1.74. The van der Waals surface area contributed by atoms with E-state index in [-0.39, 0.29) is 12.5 Å². The first-order chi connectivity index (χ1) is 12.7. The molecule has 3 rings (SSSR count). The maximum atomic E-state index is 12.6. The van der Waals surface area contributed by atoms with Crippen molar-refractivity contribution in [2.75, 3.05) is 21.3 Å². The quantitative estimate of drug-likeness (QED) is 0.683. The molecule has 2 aromatic heterocycles. The summed E-state index contributed by atoms with van der Waals surface area (Å²) >= 11 is 1.58. The normalized spacial score (nSPS) is 10.4. The third-order valence-corrected chi connectivity index (χ3v) is 4.36. The van der Waals surface area contributed by atoms with Crippen molar-refractivity contribution < 1.29 is 19.0 Å². The standard InChI is InChI=1S/C17H18N4O4S/c1-23-14-5-4-13(15(24-2)16(14)25-3)17(22)18-8-11-9-21(20-19-11)12-6-7-26-10-12/h4-7,9-10H,8H2,1-3H3,(H,18,22). The Kier molecular flexibility index (Phi) is 5.37. The van der Waals surface area contributed by atoms with Crippen molar-refractivity contribution >= 4 is 17.2 Å². The second-order valence-electron chi connectivity index (χ2n) is 5.20. The van der Waals surface area contributed by atoms with Gasteiger partial charge in [-0.25, -0.2) is 4.68 Å². The number of nitrogens with one attached hydrogen (secondary N) is 1. The van der Waals surface area contributed by atoms with Crippen molar-refractivity contribution in [2.24, 2.45) is 0 Å². The Hall–Kier alpha value is -3.07. The molecular formula is C17H18N4O4S. The summed E-state index contributed by atoms with van der Waals surface area (Å²) in [6.45, 7) is 0.237. The monoisotopic (exact) mass is 374 g/mol. The fourth-order valence-corrected chi connectivity index (χ4v) is 3.06. The van der Waals surface area contributed by atoms with Crippen LogP contribution in [0.15, 0.2) is 35.2 Å². The maximum Gasteiger partial charge on any atom is 0.255 e. The Morgan fingerprint density at radius 2 is 1.96 bits per heavy atom. The molecule has 136 valence electrons. The van der Waals surface area contributed by atoms with Gasteiger partial charge in [-0.05, 0) is 23.6 Å². The van der Waals surface area contributed by atoms with Crippen molar-refractivity contribution in [3.63, 3.8) is 0 Å². The zero-order valence-electron chi connectivity index (χ0n) is 14.6. The number of carbonyl (C=O) groups excluding carboxylic acids is 1. The molecule has 3 aromatic rings. The van der Waals surface area contributed by atoms with Gasteiger partial charge in [-0.2, -0.15) is 11.3 Å². The number of hydrogen-bond acceptors (Lipinski definition) is 7. The molecule has 0 unspecified atom stereocenters. The number of carbonyl (C=O) groups is 1. The minimum Gasteiger partial charge on any atom is -0.493 e. The van der Waals surface area contributed by atoms with Crippen LogP contribution in [0.25, 0.3) is 5.69 Å². The van der Waals surface area contributed by atoms with Crippen LogP contribution in [0.1, 0.15) is 16.1 Å². The first-order valence-corrected chi connectivity index (χ1v) is 8.63. The maximum absolute atomic E-state index is 12.6. The number of ether oxygens (including phenoxy) is 3. The van der Waals surface area contributed by atoms with Crippen LogP contribution < -0.4 is 19.5 Å². The van der Waals surface area contributed by atoms with Gasteiger partial charge >= 0.3 is 0 Å². The summed E-state index contributed by atoms with van der Waals surface area (Å²) in [5, 5.41) is 14.9. The van der Waals surface area contributed by atoms with Crippen molar-refractivity contribution in [3.8, 4) is 22.9 Å². The van der Waals surface area contributed by atoms with Gasteiger partial charge in [0.1, 0.15) is 5.69 Å². The van der Waals surface area contributed by atoms with Crippen molar-refractivity contribution in [2.45, 2.75) is 6.54 Å². The van der Waals surface area contributed by atoms with Crippen LogP contribution in [0.5, 0.6) is 17.2 Å². The molecule has 0 fully saturated rings. The van der Waals surface area contributed by atoms with Gasteiger partial charge < -0.3 is 19.5 Å². The highest BCUT2D eigenvalue weighted by molar-refractivity contribution is 7.08. The SMILES string of the molecule is COc1ccc(C(=O)NCc2cn(-c3ccsc3)nn2)c(OC)c1OC. The molecule has 0 atom stereocenters. The lowest BCUT2D eigenvalue weighted by Crippen LogP contribution is -2.23. The van der Waals surface area contributed by atoms with Crippen molar-refractivity contribution in [3.05, 3.63) is 46.4 Å². The summed E-state index contributed by atoms with van der Waals surface area (Å²) in [6.07, 6.45) is 1.77. The predicted molar refractivity (Wildman–Crippen MR) is 96.5 cm³/mol. The van der Waals surface area contributed by atoms with Crippen LogP contribution in [0, 0.1) is 0 Å². The molecule has 0 saturated heterocycles. The summed E-state index contributed by atoms with van der Waals surface area (Å²) < 4.78 is 17.5. The lowest BCUT2D eigenvalue weighted by Gasteiger charge is -2.15. The lowest BCUT2D eigenvalue weighted by atomic mass is 10.1. The van der Waals surface area contributed by atoms with E-state index >= 15 is 0 Å². The summed E-state index contributed by atoms with van der Waals surface area (Å²) in [4.78, 5) is 12.6. The van der Waals surface area contributed by atoms with E-state index in [1.807, 2.05) is 16.8 Å². The number of rotatable bonds is 7. The van der Waals surface area contributed by atoms with Gasteiger partial charge in [-0.1, -0.05) is 5.21 Å². The average molecular weight is 374 g/mol. The molecule has 0 spiro atoms. The van der Waals surface area contributed by atoms with Gasteiger partial charge in [0.05, 0.1) is 45.3 Å². The minimum atomic E-state index is -0.312. The molecule has 0 bridgehead atoms. The summed E-state index contributed by atoms with van der Waals surface area (Å²) in [7, 11) is 4.49. The molecule has 0 radical (unpaired) electrons. The van der Waals surface area contributed by atoms with E-state index in [1.54, 1.807) is 34.3 Å². The highest BCUT2D eigenvalue weighted by Crippen LogP contribution is 2.39. The van der Waals surface area contributed by atoms with Gasteiger partial charge in [0.15, 0.2) is 11.5 Å². The Morgan fingerprint density at radius 1 is 1.15 bits per heavy atom. The van der Waals surface area contributed by atoms with Crippen LogP contribution in [0.3, 0.4) is 0 Å². The molecule has 8 nitrogen and oxygen atoms in total. The summed E-state index contributed by atoms with van der Waals surface area (Å²) in [5.41, 5.74) is 1.92. The zero-order chi connectivity index (χ0) is 18.5. The van der Waals surface area contributed by atoms with Gasteiger partial charge in [-0.15, -0.1) is 5.10 Å². The first-order valence-electron chi connectivity index (χ1n) is 7.69. The molecule has 26 heavy (non-hydrogen) atoms. The number of aromatic nitrogens is 3. The van der Waals surface area contributed by atoms with Gasteiger partial charge in [0.2, 0.25) is 5.75 Å². The lowest BCUT2D eigenvalue weighted by molar-refractivity contribution is 0.0946. The third kappa shape index (κ3) is 3.47. The molecule has 9 heteroatoms. The van der Waals surface area contributed by atoms with Crippen LogP contribution >= 0.6 is 11.3 Å². The zero-order valence-corrected chi connectivity index (χ0v) is 15.4. The average Bonchev–Trinajstić information content (AvgIpc) is 3.35. The third-order valence-electron chi connectivity index (χ3n) is 3.69. The van der Waals surface area contributed by atoms with Crippen LogP contribution in [0.4, 0.5) is 0 Å². The van der Waals surface area contributed by atoms with E-state index in [2.05, 4.69) is 15.6 Å². The number of thiophene rings is 1. The van der Waals surface area contributed by atoms with E-state index in [0.29, 0.717) is 28.5 Å². The molecular weight excluding hydrogens is 356 g/mol. The number of amides is 1. The number of methoxy groups -OCH3 is 3. The largest absolute Gasteiger partial charge is 0.493 e. The molecule has 0 aliphatic rings. The van der Waals surface area contributed by atoms with E-state index in [0.717, 1.165) is 5.69 Å². The highest BCUT2D eigenvalue weighted by atomic mass is 32.1. The minimum absolute atomic E-state index is 0.237. The van der Waals surface area contributed by atoms with Crippen molar-refractivity contribution in [1.82, 2.24) is 20.3 Å². The summed E-state index contributed by atoms with van der Waals surface area (Å²) in [5.74, 6) is 0.852. The van der Waals surface area contributed by atoms with Gasteiger partial charge in [-0.3, -0.25) is 4.79 Å². The molecule has 0 aliphatic heterocycles. The summed E-state index contributed by atoms with van der Waals surface area (Å²) in [6, 6.07) is 5.22.